The molecule has 0 radical (unpaired) electrons. The average Bonchev–Trinajstić information content (AvgIpc) is 2.67. The summed E-state index contributed by atoms with van der Waals surface area (Å²) in [7, 11) is 0. The molecule has 0 aliphatic carbocycles. The van der Waals surface area contributed by atoms with Crippen LogP contribution < -0.4 is 15.6 Å². The summed E-state index contributed by atoms with van der Waals surface area (Å²) in [6.45, 7) is 0. The lowest BCUT2D eigenvalue weighted by atomic mass is 10.0. The minimum Gasteiger partial charge on any atom is -0.457 e. The third-order valence-electron chi connectivity index (χ3n) is 4.04. The number of benzene rings is 2. The van der Waals surface area contributed by atoms with Crippen molar-refractivity contribution in [3.05, 3.63) is 87.6 Å². The van der Waals surface area contributed by atoms with Crippen LogP contribution in [0, 0.1) is 5.82 Å². The van der Waals surface area contributed by atoms with Gasteiger partial charge < -0.3 is 15.0 Å². The van der Waals surface area contributed by atoms with E-state index in [0.717, 1.165) is 42.6 Å². The smallest absolute Gasteiger partial charge is 0.417 e. The molecule has 1 amide bonds. The number of carbonyl (C=O) groups excluding carboxylic acids is 1. The van der Waals surface area contributed by atoms with Crippen molar-refractivity contribution in [1.29, 1.82) is 0 Å². The monoisotopic (exact) mass is 460 g/mol. The molecule has 0 unspecified atom stereocenters. The molecule has 0 saturated carbocycles. The number of ether oxygens (including phenoxy) is 1. The fourth-order valence-corrected chi connectivity index (χ4v) is 2.66. The van der Waals surface area contributed by atoms with Crippen LogP contribution >= 0.6 is 0 Å². The summed E-state index contributed by atoms with van der Waals surface area (Å²) in [4.78, 5) is 26.3. The summed E-state index contributed by atoms with van der Waals surface area (Å²) in [5, 5.41) is 2.02. The van der Waals surface area contributed by atoms with Crippen LogP contribution in [0.2, 0.25) is 0 Å². The predicted octanol–water partition coefficient (Wildman–Crippen LogP) is 5.60. The van der Waals surface area contributed by atoms with E-state index in [9.17, 15) is 40.3 Å². The lowest BCUT2D eigenvalue weighted by molar-refractivity contribution is -0.143. The maximum absolute atomic E-state index is 13.6. The van der Waals surface area contributed by atoms with Crippen LogP contribution in [0.5, 0.6) is 11.5 Å². The normalized spacial score (nSPS) is 11.8. The van der Waals surface area contributed by atoms with E-state index in [1.54, 1.807) is 0 Å². The van der Waals surface area contributed by atoms with Gasteiger partial charge >= 0.3 is 12.4 Å². The number of anilines is 1. The van der Waals surface area contributed by atoms with Gasteiger partial charge in [-0.05, 0) is 42.5 Å². The van der Waals surface area contributed by atoms with E-state index in [1.807, 2.05) is 5.32 Å². The van der Waals surface area contributed by atoms with E-state index in [4.69, 9.17) is 4.74 Å². The lowest BCUT2D eigenvalue weighted by Gasteiger charge is -2.20. The Hall–Kier alpha value is -3.83. The molecule has 0 aliphatic heterocycles. The van der Waals surface area contributed by atoms with Crippen molar-refractivity contribution in [2.24, 2.45) is 0 Å². The number of aromatic nitrogens is 1. The highest BCUT2D eigenvalue weighted by molar-refractivity contribution is 6.07. The highest BCUT2D eigenvalue weighted by atomic mass is 19.4. The van der Waals surface area contributed by atoms with E-state index in [2.05, 4.69) is 4.98 Å². The number of alkyl halides is 6. The van der Waals surface area contributed by atoms with Crippen molar-refractivity contribution in [2.75, 3.05) is 5.32 Å². The zero-order valence-corrected chi connectivity index (χ0v) is 15.6. The maximum atomic E-state index is 13.6. The average molecular weight is 460 g/mol. The van der Waals surface area contributed by atoms with Gasteiger partial charge in [0.25, 0.3) is 5.91 Å². The molecule has 0 atom stereocenters. The Morgan fingerprint density at radius 1 is 0.906 bits per heavy atom. The Morgan fingerprint density at radius 3 is 2.12 bits per heavy atom. The van der Waals surface area contributed by atoms with Crippen LogP contribution in [0.4, 0.5) is 36.4 Å². The number of halogens is 7. The second-order valence-electron chi connectivity index (χ2n) is 6.34. The van der Waals surface area contributed by atoms with Crippen molar-refractivity contribution >= 4 is 11.6 Å². The number of pyridine rings is 1. The molecule has 5 nitrogen and oxygen atoms in total. The first-order valence-electron chi connectivity index (χ1n) is 8.60. The summed E-state index contributed by atoms with van der Waals surface area (Å²) < 4.78 is 98.9. The third kappa shape index (κ3) is 5.25. The van der Waals surface area contributed by atoms with E-state index >= 15 is 0 Å². The molecule has 0 aliphatic rings. The van der Waals surface area contributed by atoms with Gasteiger partial charge in [0.05, 0.1) is 16.7 Å². The molecule has 1 heterocycles. The molecule has 3 aromatic rings. The Kier molecular flexibility index (Phi) is 5.97. The molecule has 2 N–H and O–H groups in total. The van der Waals surface area contributed by atoms with Gasteiger partial charge in [-0.15, -0.1) is 0 Å². The van der Waals surface area contributed by atoms with E-state index in [1.165, 1.54) is 0 Å². The molecule has 0 bridgehead atoms. The summed E-state index contributed by atoms with van der Waals surface area (Å²) in [6.07, 6.45) is -9.46. The topological polar surface area (TPSA) is 71.2 Å². The number of carbonyl (C=O) groups is 1. The van der Waals surface area contributed by atoms with Crippen molar-refractivity contribution in [2.45, 2.75) is 12.4 Å². The fourth-order valence-electron chi connectivity index (χ4n) is 2.66. The summed E-state index contributed by atoms with van der Waals surface area (Å²) >= 11 is 0. The highest BCUT2D eigenvalue weighted by Gasteiger charge is 2.42. The van der Waals surface area contributed by atoms with Crippen LogP contribution in [0.25, 0.3) is 0 Å². The second-order valence-corrected chi connectivity index (χ2v) is 6.34. The van der Waals surface area contributed by atoms with Gasteiger partial charge in [-0.1, -0.05) is 0 Å². The number of amides is 1. The highest BCUT2D eigenvalue weighted by Crippen LogP contribution is 2.42. The Labute approximate surface area is 174 Å². The van der Waals surface area contributed by atoms with Crippen LogP contribution in [-0.2, 0) is 12.4 Å². The van der Waals surface area contributed by atoms with Crippen molar-refractivity contribution < 1.29 is 40.3 Å². The largest absolute Gasteiger partial charge is 0.457 e. The Morgan fingerprint density at radius 2 is 1.56 bits per heavy atom. The van der Waals surface area contributed by atoms with Crippen LogP contribution in [-0.4, -0.2) is 10.9 Å². The Bertz CT molecular complexity index is 1200. The van der Waals surface area contributed by atoms with E-state index in [-0.39, 0.29) is 23.6 Å². The van der Waals surface area contributed by atoms with E-state index < -0.39 is 52.1 Å². The molecular formula is C20H11F7N2O3. The number of aromatic amines is 1. The van der Waals surface area contributed by atoms with Gasteiger partial charge in [0.2, 0.25) is 5.56 Å². The molecule has 12 heteroatoms. The first kappa shape index (κ1) is 22.8. The van der Waals surface area contributed by atoms with Crippen molar-refractivity contribution in [1.82, 2.24) is 4.98 Å². The molecule has 32 heavy (non-hydrogen) atoms. The van der Waals surface area contributed by atoms with E-state index in [0.29, 0.717) is 0 Å². The zero-order chi connectivity index (χ0) is 23.7. The van der Waals surface area contributed by atoms with Gasteiger partial charge in [0, 0.05) is 18.0 Å². The van der Waals surface area contributed by atoms with Gasteiger partial charge in [-0.25, -0.2) is 4.39 Å². The zero-order valence-electron chi connectivity index (χ0n) is 15.6. The number of hydrogen-bond donors (Lipinski definition) is 2. The van der Waals surface area contributed by atoms with Crippen molar-refractivity contribution in [3.63, 3.8) is 0 Å². The van der Waals surface area contributed by atoms with Crippen LogP contribution in [0.3, 0.4) is 0 Å². The van der Waals surface area contributed by atoms with Gasteiger partial charge in [0.1, 0.15) is 17.3 Å². The molecule has 0 fully saturated rings. The summed E-state index contributed by atoms with van der Waals surface area (Å²) in [6, 6.07) is 5.66. The van der Waals surface area contributed by atoms with Crippen LogP contribution in [0.1, 0.15) is 21.5 Å². The number of hydrogen-bond acceptors (Lipinski definition) is 3. The SMILES string of the molecule is O=C(Nc1cc[nH]c(=O)c1)c1c(Oc2ccc(F)cc2)cc(C(F)(F)F)cc1C(F)(F)F. The maximum Gasteiger partial charge on any atom is 0.417 e. The minimum absolute atomic E-state index is 0.209. The molecule has 0 saturated heterocycles. The molecule has 0 spiro atoms. The number of nitrogens with one attached hydrogen (secondary N) is 2. The summed E-state index contributed by atoms with van der Waals surface area (Å²) in [5.74, 6) is -3.59. The number of rotatable bonds is 4. The minimum atomic E-state index is -5.37. The molecule has 1 aromatic heterocycles. The molecule has 168 valence electrons. The predicted molar refractivity (Wildman–Crippen MR) is 97.9 cm³/mol. The van der Waals surface area contributed by atoms with Gasteiger partial charge in [-0.3, -0.25) is 9.59 Å². The summed E-state index contributed by atoms with van der Waals surface area (Å²) in [5.41, 5.74) is -5.77. The second kappa shape index (κ2) is 8.36. The fraction of sp³-hybridized carbons (Fsp3) is 0.100. The quantitative estimate of drug-likeness (QED) is 0.499. The van der Waals surface area contributed by atoms with Gasteiger partial charge in [-0.2, -0.15) is 26.3 Å². The van der Waals surface area contributed by atoms with Gasteiger partial charge in [0.15, 0.2) is 0 Å². The van der Waals surface area contributed by atoms with Crippen molar-refractivity contribution in [3.8, 4) is 11.5 Å². The lowest BCUT2D eigenvalue weighted by Crippen LogP contribution is -2.22. The molecule has 2 aromatic carbocycles. The first-order chi connectivity index (χ1) is 14.8. The standard InChI is InChI=1S/C20H11F7N2O3/c21-11-1-3-13(4-2-11)32-15-8-10(19(22,23)24)7-14(20(25,26)27)17(15)18(31)29-12-5-6-28-16(30)9-12/h1-9H,(H2,28,29,30,31). The van der Waals surface area contributed by atoms with Crippen LogP contribution in [0.15, 0.2) is 59.5 Å². The first-order valence-corrected chi connectivity index (χ1v) is 8.60. The molecule has 3 rings (SSSR count). The third-order valence-corrected chi connectivity index (χ3v) is 4.04. The number of H-pyrrole nitrogens is 1. The molecular weight excluding hydrogens is 449 g/mol. The Balaban J connectivity index is 2.19.